The summed E-state index contributed by atoms with van der Waals surface area (Å²) >= 11 is 0. The van der Waals surface area contributed by atoms with Gasteiger partial charge in [0.1, 0.15) is 23.4 Å². The van der Waals surface area contributed by atoms with Crippen LogP contribution in [0.2, 0.25) is 0 Å². The molecule has 32 heavy (non-hydrogen) atoms. The number of nitrogens with zero attached hydrogens (tertiary/aromatic N) is 3. The molecule has 0 saturated heterocycles. The SMILES string of the molecule is COC(=O)c1ccc(-c2c3n(c4ncnc(N)c24)C[C@H](NC(=O)OC(C)(C)C)CC3)cc1. The van der Waals surface area contributed by atoms with E-state index in [4.69, 9.17) is 15.2 Å². The highest BCUT2D eigenvalue weighted by atomic mass is 16.6. The lowest BCUT2D eigenvalue weighted by molar-refractivity contribution is 0.0492. The lowest BCUT2D eigenvalue weighted by Gasteiger charge is -2.28. The van der Waals surface area contributed by atoms with Crippen LogP contribution in [0.4, 0.5) is 10.6 Å². The highest BCUT2D eigenvalue weighted by Gasteiger charge is 2.29. The second-order valence-corrected chi connectivity index (χ2v) is 8.84. The van der Waals surface area contributed by atoms with Gasteiger partial charge in [0.2, 0.25) is 0 Å². The van der Waals surface area contributed by atoms with E-state index in [1.54, 1.807) is 12.1 Å². The average Bonchev–Trinajstić information content (AvgIpc) is 3.07. The molecule has 0 fully saturated rings. The Kier molecular flexibility index (Phi) is 5.50. The van der Waals surface area contributed by atoms with Crippen LogP contribution in [0.5, 0.6) is 0 Å². The van der Waals surface area contributed by atoms with Crippen molar-refractivity contribution < 1.29 is 19.1 Å². The molecule has 0 radical (unpaired) electrons. The van der Waals surface area contributed by atoms with Gasteiger partial charge in [-0.25, -0.2) is 19.6 Å². The van der Waals surface area contributed by atoms with Crippen LogP contribution in [0.25, 0.3) is 22.2 Å². The Bertz CT molecular complexity index is 1180. The summed E-state index contributed by atoms with van der Waals surface area (Å²) < 4.78 is 12.3. The van der Waals surface area contributed by atoms with E-state index in [-0.39, 0.29) is 12.0 Å². The van der Waals surface area contributed by atoms with Crippen molar-refractivity contribution in [2.75, 3.05) is 12.8 Å². The Labute approximate surface area is 185 Å². The van der Waals surface area contributed by atoms with Gasteiger partial charge < -0.3 is 25.1 Å². The number of esters is 1. The summed E-state index contributed by atoms with van der Waals surface area (Å²) in [7, 11) is 1.35. The summed E-state index contributed by atoms with van der Waals surface area (Å²) in [4.78, 5) is 32.8. The molecule has 0 unspecified atom stereocenters. The van der Waals surface area contributed by atoms with Crippen LogP contribution in [0, 0.1) is 0 Å². The summed E-state index contributed by atoms with van der Waals surface area (Å²) in [6.45, 7) is 6.05. The maximum atomic E-state index is 12.3. The first-order chi connectivity index (χ1) is 15.2. The van der Waals surface area contributed by atoms with E-state index in [2.05, 4.69) is 19.9 Å². The monoisotopic (exact) mass is 437 g/mol. The molecule has 1 atom stereocenters. The first-order valence-corrected chi connectivity index (χ1v) is 10.5. The number of benzene rings is 1. The zero-order chi connectivity index (χ0) is 23.0. The second kappa shape index (κ2) is 8.14. The van der Waals surface area contributed by atoms with Crippen molar-refractivity contribution in [2.45, 2.75) is 51.8 Å². The Morgan fingerprint density at radius 2 is 1.91 bits per heavy atom. The van der Waals surface area contributed by atoms with Gasteiger partial charge in [-0.2, -0.15) is 0 Å². The number of hydrogen-bond donors (Lipinski definition) is 2. The predicted molar refractivity (Wildman–Crippen MR) is 120 cm³/mol. The Balaban J connectivity index is 1.72. The summed E-state index contributed by atoms with van der Waals surface area (Å²) in [6.07, 6.45) is 2.47. The normalized spacial score (nSPS) is 15.8. The number of carbonyl (C=O) groups is 2. The molecule has 0 aliphatic carbocycles. The molecule has 168 valence electrons. The molecule has 1 aromatic carbocycles. The fraction of sp³-hybridized carbons (Fsp3) is 0.391. The van der Waals surface area contributed by atoms with Gasteiger partial charge in [-0.15, -0.1) is 0 Å². The number of carbonyl (C=O) groups excluding carboxylic acids is 2. The largest absolute Gasteiger partial charge is 0.465 e. The van der Waals surface area contributed by atoms with Gasteiger partial charge in [0.25, 0.3) is 0 Å². The quantitative estimate of drug-likeness (QED) is 0.603. The first kappa shape index (κ1) is 21.6. The van der Waals surface area contributed by atoms with Crippen molar-refractivity contribution >= 4 is 28.9 Å². The number of nitrogen functional groups attached to an aromatic ring is 1. The van der Waals surface area contributed by atoms with E-state index in [0.29, 0.717) is 24.3 Å². The van der Waals surface area contributed by atoms with Crippen molar-refractivity contribution in [3.63, 3.8) is 0 Å². The number of nitrogens with one attached hydrogen (secondary N) is 1. The number of ether oxygens (including phenoxy) is 2. The fourth-order valence-electron chi connectivity index (χ4n) is 4.11. The third-order valence-electron chi connectivity index (χ3n) is 5.42. The molecule has 9 nitrogen and oxygen atoms in total. The predicted octanol–water partition coefficient (Wildman–Crippen LogP) is 3.31. The molecule has 1 aliphatic rings. The van der Waals surface area contributed by atoms with Gasteiger partial charge in [-0.1, -0.05) is 12.1 Å². The van der Waals surface area contributed by atoms with E-state index < -0.39 is 11.7 Å². The maximum Gasteiger partial charge on any atom is 0.407 e. The minimum atomic E-state index is -0.560. The summed E-state index contributed by atoms with van der Waals surface area (Å²) in [5.41, 5.74) is 9.82. The van der Waals surface area contributed by atoms with E-state index >= 15 is 0 Å². The number of alkyl carbamates (subject to hydrolysis) is 1. The van der Waals surface area contributed by atoms with Gasteiger partial charge in [0.05, 0.1) is 24.1 Å². The molecule has 9 heteroatoms. The number of anilines is 1. The summed E-state index contributed by atoms with van der Waals surface area (Å²) in [5.74, 6) is -0.000166. The van der Waals surface area contributed by atoms with Crippen LogP contribution >= 0.6 is 0 Å². The van der Waals surface area contributed by atoms with Crippen LogP contribution < -0.4 is 11.1 Å². The highest BCUT2D eigenvalue weighted by molar-refractivity contribution is 6.03. The smallest absolute Gasteiger partial charge is 0.407 e. The third-order valence-corrected chi connectivity index (χ3v) is 5.42. The van der Waals surface area contributed by atoms with Crippen molar-refractivity contribution in [2.24, 2.45) is 0 Å². The molecular weight excluding hydrogens is 410 g/mol. The van der Waals surface area contributed by atoms with Crippen LogP contribution in [-0.4, -0.2) is 45.4 Å². The zero-order valence-corrected chi connectivity index (χ0v) is 18.6. The number of fused-ring (bicyclic) bond motifs is 3. The van der Waals surface area contributed by atoms with Crippen LogP contribution in [-0.2, 0) is 22.4 Å². The molecule has 0 spiro atoms. The van der Waals surface area contributed by atoms with E-state index in [1.165, 1.54) is 13.4 Å². The second-order valence-electron chi connectivity index (χ2n) is 8.84. The van der Waals surface area contributed by atoms with Gasteiger partial charge in [-0.3, -0.25) is 0 Å². The molecule has 1 aliphatic heterocycles. The van der Waals surface area contributed by atoms with Crippen molar-refractivity contribution in [3.05, 3.63) is 41.9 Å². The van der Waals surface area contributed by atoms with E-state index in [1.807, 2.05) is 32.9 Å². The molecule has 0 bridgehead atoms. The van der Waals surface area contributed by atoms with Crippen molar-refractivity contribution in [3.8, 4) is 11.1 Å². The number of methoxy groups -OCH3 is 1. The number of hydrogen-bond acceptors (Lipinski definition) is 7. The lowest BCUT2D eigenvalue weighted by Crippen LogP contribution is -2.43. The van der Waals surface area contributed by atoms with Gasteiger partial charge in [-0.05, 0) is 51.3 Å². The van der Waals surface area contributed by atoms with Gasteiger partial charge >= 0.3 is 12.1 Å². The molecule has 3 aromatic rings. The molecule has 1 amide bonds. The summed E-state index contributed by atoms with van der Waals surface area (Å²) in [6, 6.07) is 7.11. The van der Waals surface area contributed by atoms with Crippen molar-refractivity contribution in [1.29, 1.82) is 0 Å². The number of amides is 1. The van der Waals surface area contributed by atoms with E-state index in [0.717, 1.165) is 34.3 Å². The van der Waals surface area contributed by atoms with Gasteiger partial charge in [0.15, 0.2) is 0 Å². The van der Waals surface area contributed by atoms with Crippen LogP contribution in [0.15, 0.2) is 30.6 Å². The summed E-state index contributed by atoms with van der Waals surface area (Å²) in [5, 5.41) is 3.73. The Morgan fingerprint density at radius 3 is 2.56 bits per heavy atom. The van der Waals surface area contributed by atoms with E-state index in [9.17, 15) is 9.59 Å². The lowest BCUT2D eigenvalue weighted by atomic mass is 9.96. The average molecular weight is 438 g/mol. The first-order valence-electron chi connectivity index (χ1n) is 10.5. The fourth-order valence-corrected chi connectivity index (χ4v) is 4.11. The Morgan fingerprint density at radius 1 is 1.19 bits per heavy atom. The topological polar surface area (TPSA) is 121 Å². The van der Waals surface area contributed by atoms with Crippen LogP contribution in [0.1, 0.15) is 43.2 Å². The standard InChI is InChI=1S/C23H27N5O4/c1-23(2,3)32-22(30)27-15-9-10-16-17(13-5-7-14(8-6-13)21(29)31-4)18-19(24)25-12-26-20(18)28(16)11-15/h5-8,12,15H,9-11H2,1-4H3,(H,27,30)(H2,24,25,26)/t15-/m1/s1. The number of rotatable bonds is 3. The van der Waals surface area contributed by atoms with Crippen LogP contribution in [0.3, 0.4) is 0 Å². The molecule has 3 heterocycles. The maximum absolute atomic E-state index is 12.3. The number of nitrogens with two attached hydrogens (primary N) is 1. The molecule has 3 N–H and O–H groups in total. The minimum Gasteiger partial charge on any atom is -0.465 e. The third kappa shape index (κ3) is 4.10. The minimum absolute atomic E-state index is 0.0984. The van der Waals surface area contributed by atoms with Crippen molar-refractivity contribution in [1.82, 2.24) is 19.9 Å². The highest BCUT2D eigenvalue weighted by Crippen LogP contribution is 2.39. The molecule has 2 aromatic heterocycles. The zero-order valence-electron chi connectivity index (χ0n) is 18.6. The molecule has 0 saturated carbocycles. The molecular formula is C23H27N5O4. The number of aromatic nitrogens is 3. The Hall–Kier alpha value is -3.62. The van der Waals surface area contributed by atoms with Gasteiger partial charge in [0, 0.05) is 17.8 Å². The molecule has 4 rings (SSSR count).